The fourth-order valence-corrected chi connectivity index (χ4v) is 2.52. The van der Waals surface area contributed by atoms with Crippen molar-refractivity contribution in [1.29, 1.82) is 0 Å². The maximum Gasteiger partial charge on any atom is 0.230 e. The number of fused-ring (bicyclic) bond motifs is 1. The zero-order valence-electron chi connectivity index (χ0n) is 12.3. The molecule has 1 amide bonds. The molecule has 0 aliphatic carbocycles. The lowest BCUT2D eigenvalue weighted by molar-refractivity contribution is -0.122. The van der Waals surface area contributed by atoms with Crippen molar-refractivity contribution in [3.05, 3.63) is 23.8 Å². The van der Waals surface area contributed by atoms with Crippen molar-refractivity contribution in [2.75, 3.05) is 18.1 Å². The summed E-state index contributed by atoms with van der Waals surface area (Å²) in [4.78, 5) is 25.9. The SMILES string of the molecule is CCC(CC)C(=O)N1CCOc2ccc(C(C)=O)cc21. The van der Waals surface area contributed by atoms with Crippen LogP contribution in [-0.4, -0.2) is 24.8 Å². The maximum absolute atomic E-state index is 12.6. The largest absolute Gasteiger partial charge is 0.490 e. The first kappa shape index (κ1) is 14.6. The quantitative estimate of drug-likeness (QED) is 0.793. The van der Waals surface area contributed by atoms with Gasteiger partial charge < -0.3 is 9.64 Å². The molecule has 0 unspecified atom stereocenters. The van der Waals surface area contributed by atoms with Crippen molar-refractivity contribution in [3.63, 3.8) is 0 Å². The summed E-state index contributed by atoms with van der Waals surface area (Å²) >= 11 is 0. The molecule has 0 atom stereocenters. The van der Waals surface area contributed by atoms with E-state index in [0.29, 0.717) is 24.5 Å². The molecule has 0 bridgehead atoms. The number of nitrogens with zero attached hydrogens (tertiary/aromatic N) is 1. The summed E-state index contributed by atoms with van der Waals surface area (Å²) in [6.07, 6.45) is 1.66. The highest BCUT2D eigenvalue weighted by molar-refractivity contribution is 6.00. The normalized spacial score (nSPS) is 13.9. The van der Waals surface area contributed by atoms with Crippen molar-refractivity contribution >= 4 is 17.4 Å². The van der Waals surface area contributed by atoms with E-state index in [0.717, 1.165) is 18.5 Å². The zero-order chi connectivity index (χ0) is 14.7. The van der Waals surface area contributed by atoms with Crippen LogP contribution in [0.2, 0.25) is 0 Å². The third kappa shape index (κ3) is 2.69. The standard InChI is InChI=1S/C16H21NO3/c1-4-12(5-2)16(19)17-8-9-20-15-7-6-13(11(3)18)10-14(15)17/h6-7,10,12H,4-5,8-9H2,1-3H3. The number of hydrogen-bond acceptors (Lipinski definition) is 3. The van der Waals surface area contributed by atoms with Crippen LogP contribution < -0.4 is 9.64 Å². The van der Waals surface area contributed by atoms with E-state index in [1.54, 1.807) is 23.1 Å². The molecule has 108 valence electrons. The molecule has 1 aliphatic heterocycles. The first-order valence-corrected chi connectivity index (χ1v) is 7.17. The van der Waals surface area contributed by atoms with Gasteiger partial charge in [-0.2, -0.15) is 0 Å². The molecule has 2 rings (SSSR count). The average molecular weight is 275 g/mol. The van der Waals surface area contributed by atoms with Gasteiger partial charge in [-0.15, -0.1) is 0 Å². The highest BCUT2D eigenvalue weighted by atomic mass is 16.5. The molecule has 0 saturated heterocycles. The lowest BCUT2D eigenvalue weighted by atomic mass is 10.0. The molecule has 1 aliphatic rings. The summed E-state index contributed by atoms with van der Waals surface area (Å²) in [5, 5.41) is 0. The lowest BCUT2D eigenvalue weighted by Crippen LogP contribution is -2.41. The predicted octanol–water partition coefficient (Wildman–Crippen LogP) is 3.05. The summed E-state index contributed by atoms with van der Waals surface area (Å²) in [5.41, 5.74) is 1.33. The lowest BCUT2D eigenvalue weighted by Gasteiger charge is -2.32. The number of ketones is 1. The molecular weight excluding hydrogens is 254 g/mol. The van der Waals surface area contributed by atoms with Gasteiger partial charge >= 0.3 is 0 Å². The average Bonchev–Trinajstić information content (AvgIpc) is 2.47. The van der Waals surface area contributed by atoms with Crippen LogP contribution in [0.1, 0.15) is 44.0 Å². The van der Waals surface area contributed by atoms with Crippen molar-refractivity contribution < 1.29 is 14.3 Å². The number of amides is 1. The molecule has 1 aromatic rings. The summed E-state index contributed by atoms with van der Waals surface area (Å²) in [6, 6.07) is 5.28. The van der Waals surface area contributed by atoms with Crippen LogP contribution in [0.25, 0.3) is 0 Å². The number of Topliss-reactive ketones (excluding diaryl/α,β-unsaturated/α-hetero) is 1. The minimum Gasteiger partial charge on any atom is -0.490 e. The number of benzene rings is 1. The van der Waals surface area contributed by atoms with Gasteiger partial charge in [0.1, 0.15) is 12.4 Å². The van der Waals surface area contributed by atoms with Crippen molar-refractivity contribution in [3.8, 4) is 5.75 Å². The fourth-order valence-electron chi connectivity index (χ4n) is 2.52. The van der Waals surface area contributed by atoms with Crippen LogP contribution >= 0.6 is 0 Å². The van der Waals surface area contributed by atoms with Gasteiger partial charge in [-0.1, -0.05) is 13.8 Å². The van der Waals surface area contributed by atoms with Gasteiger partial charge in [0, 0.05) is 11.5 Å². The van der Waals surface area contributed by atoms with Crippen molar-refractivity contribution in [1.82, 2.24) is 0 Å². The van der Waals surface area contributed by atoms with E-state index in [2.05, 4.69) is 0 Å². The minimum absolute atomic E-state index is 0.00620. The first-order valence-electron chi connectivity index (χ1n) is 7.17. The van der Waals surface area contributed by atoms with Gasteiger partial charge in [-0.3, -0.25) is 9.59 Å². The number of rotatable bonds is 4. The Bertz CT molecular complexity index is 520. The second kappa shape index (κ2) is 6.07. The minimum atomic E-state index is -0.00620. The van der Waals surface area contributed by atoms with E-state index in [1.165, 1.54) is 6.92 Å². The van der Waals surface area contributed by atoms with Crippen LogP contribution in [-0.2, 0) is 4.79 Å². The summed E-state index contributed by atoms with van der Waals surface area (Å²) in [5.74, 6) is 0.830. The summed E-state index contributed by atoms with van der Waals surface area (Å²) in [7, 11) is 0. The smallest absolute Gasteiger partial charge is 0.230 e. The third-order valence-corrected chi connectivity index (χ3v) is 3.83. The molecular formula is C16H21NO3. The Kier molecular flexibility index (Phi) is 4.42. The Morgan fingerprint density at radius 1 is 1.30 bits per heavy atom. The Labute approximate surface area is 119 Å². The Morgan fingerprint density at radius 2 is 2.00 bits per heavy atom. The molecule has 0 spiro atoms. The number of anilines is 1. The van der Waals surface area contributed by atoms with Crippen LogP contribution in [0.5, 0.6) is 5.75 Å². The molecule has 4 nitrogen and oxygen atoms in total. The number of carbonyl (C=O) groups is 2. The molecule has 0 fully saturated rings. The van der Waals surface area contributed by atoms with E-state index in [-0.39, 0.29) is 17.6 Å². The van der Waals surface area contributed by atoms with E-state index in [1.807, 2.05) is 13.8 Å². The second-order valence-electron chi connectivity index (χ2n) is 5.09. The van der Waals surface area contributed by atoms with Crippen molar-refractivity contribution in [2.45, 2.75) is 33.6 Å². The van der Waals surface area contributed by atoms with Crippen LogP contribution in [0.4, 0.5) is 5.69 Å². The topological polar surface area (TPSA) is 46.6 Å². The second-order valence-corrected chi connectivity index (χ2v) is 5.09. The predicted molar refractivity (Wildman–Crippen MR) is 78.4 cm³/mol. The number of hydrogen-bond donors (Lipinski definition) is 0. The summed E-state index contributed by atoms with van der Waals surface area (Å²) in [6.45, 7) is 6.62. The fraction of sp³-hybridized carbons (Fsp3) is 0.500. The third-order valence-electron chi connectivity index (χ3n) is 3.83. The molecule has 1 aromatic carbocycles. The Morgan fingerprint density at radius 3 is 2.60 bits per heavy atom. The monoisotopic (exact) mass is 275 g/mol. The van der Waals surface area contributed by atoms with Gasteiger partial charge in [0.15, 0.2) is 5.78 Å². The Balaban J connectivity index is 2.37. The maximum atomic E-state index is 12.6. The zero-order valence-corrected chi connectivity index (χ0v) is 12.3. The molecule has 0 radical (unpaired) electrons. The van der Waals surface area contributed by atoms with Gasteiger partial charge in [-0.05, 0) is 38.0 Å². The Hall–Kier alpha value is -1.84. The number of carbonyl (C=O) groups excluding carboxylic acids is 2. The summed E-state index contributed by atoms with van der Waals surface area (Å²) < 4.78 is 5.58. The molecule has 20 heavy (non-hydrogen) atoms. The van der Waals surface area contributed by atoms with Gasteiger partial charge in [-0.25, -0.2) is 0 Å². The van der Waals surface area contributed by atoms with Gasteiger partial charge in [0.2, 0.25) is 5.91 Å². The van der Waals surface area contributed by atoms with E-state index in [9.17, 15) is 9.59 Å². The van der Waals surface area contributed by atoms with E-state index >= 15 is 0 Å². The van der Waals surface area contributed by atoms with Gasteiger partial charge in [0.05, 0.1) is 12.2 Å². The van der Waals surface area contributed by atoms with Crippen LogP contribution in [0, 0.1) is 5.92 Å². The molecule has 0 saturated carbocycles. The molecule has 0 aromatic heterocycles. The van der Waals surface area contributed by atoms with Crippen LogP contribution in [0.3, 0.4) is 0 Å². The van der Waals surface area contributed by atoms with E-state index < -0.39 is 0 Å². The highest BCUT2D eigenvalue weighted by Gasteiger charge is 2.28. The van der Waals surface area contributed by atoms with Crippen LogP contribution in [0.15, 0.2) is 18.2 Å². The van der Waals surface area contributed by atoms with E-state index in [4.69, 9.17) is 4.74 Å². The molecule has 4 heteroatoms. The highest BCUT2D eigenvalue weighted by Crippen LogP contribution is 2.34. The van der Waals surface area contributed by atoms with Gasteiger partial charge in [0.25, 0.3) is 0 Å². The van der Waals surface area contributed by atoms with Crippen molar-refractivity contribution in [2.24, 2.45) is 5.92 Å². The first-order chi connectivity index (χ1) is 9.58. The number of ether oxygens (including phenoxy) is 1. The molecule has 1 heterocycles. The molecule has 0 N–H and O–H groups in total.